The molecule has 0 spiro atoms. The molecule has 1 N–H and O–H groups in total. The summed E-state index contributed by atoms with van der Waals surface area (Å²) in [6.07, 6.45) is 11.7. The van der Waals surface area contributed by atoms with Crippen molar-refractivity contribution in [3.8, 4) is 0 Å². The van der Waals surface area contributed by atoms with Crippen LogP contribution in [0.2, 0.25) is 0 Å². The Morgan fingerprint density at radius 2 is 1.57 bits per heavy atom. The van der Waals surface area contributed by atoms with E-state index in [-0.39, 0.29) is 41.5 Å². The van der Waals surface area contributed by atoms with Gasteiger partial charge in [-0.05, 0) is 84.5 Å². The van der Waals surface area contributed by atoms with E-state index < -0.39 is 36.2 Å². The Morgan fingerprint density at radius 1 is 0.929 bits per heavy atom. The summed E-state index contributed by atoms with van der Waals surface area (Å²) in [4.78, 5) is 59.1. The van der Waals surface area contributed by atoms with E-state index in [1.54, 1.807) is 13.1 Å². The number of Topliss-reactive ketones (excluding diaryl/α,β-unsaturated/α-hetero) is 2. The van der Waals surface area contributed by atoms with Crippen LogP contribution < -0.4 is 0 Å². The molecule has 12 heteroatoms. The van der Waals surface area contributed by atoms with Gasteiger partial charge in [0.2, 0.25) is 0 Å². The molecule has 0 radical (unpaired) electrons. The average Bonchev–Trinajstić information content (AvgIpc) is 3.56. The van der Waals surface area contributed by atoms with E-state index in [0.717, 1.165) is 31.1 Å². The highest BCUT2D eigenvalue weighted by atomic mass is 16.7. The van der Waals surface area contributed by atoms with Crippen LogP contribution in [-0.4, -0.2) is 92.8 Å². The molecule has 0 aliphatic carbocycles. The Kier molecular flexibility index (Phi) is 24.2. The van der Waals surface area contributed by atoms with Crippen LogP contribution >= 0.6 is 0 Å². The van der Waals surface area contributed by atoms with Gasteiger partial charge in [0.15, 0.2) is 17.7 Å². The topological polar surface area (TPSA) is 150 Å². The second-order valence-corrected chi connectivity index (χ2v) is 16.2. The van der Waals surface area contributed by atoms with Crippen molar-refractivity contribution in [3.05, 3.63) is 24.7 Å². The highest BCUT2D eigenvalue weighted by molar-refractivity contribution is 6.00. The zero-order chi connectivity index (χ0) is 42.5. The fraction of sp³-hybridized carbons (Fsp3) is 0.773. The minimum Gasteiger partial charge on any atom is -0.481 e. The molecule has 2 saturated heterocycles. The van der Waals surface area contributed by atoms with E-state index in [1.807, 2.05) is 53.9 Å². The SMILES string of the molecule is CC(=O)O.CCC.CCCCCn1cnc2ncccc21.CC[C@@H]1CC[C@@H](C)C(=O)[C@H](C)C[C@H](C)[C@H](O[C@H]2C[C@@H](N(C)C)C[C@@H](C)O2)[C@@H](C)C(=O)[C@@H](C)C(=O)O1. The number of aromatic nitrogens is 3. The average molecular weight is 789 g/mol. The minimum atomic E-state index is -0.863. The lowest BCUT2D eigenvalue weighted by Crippen LogP contribution is -2.47. The number of rotatable bonds is 8. The molecular weight excluding hydrogens is 713 g/mol. The third-order valence-corrected chi connectivity index (χ3v) is 10.5. The molecule has 0 unspecified atom stereocenters. The number of fused-ring (bicyclic) bond motifs is 1. The molecule has 4 heterocycles. The summed E-state index contributed by atoms with van der Waals surface area (Å²) in [5, 5.41) is 7.42. The second kappa shape index (κ2) is 26.7. The summed E-state index contributed by atoms with van der Waals surface area (Å²) in [6, 6.07) is 4.35. The second-order valence-electron chi connectivity index (χ2n) is 16.2. The zero-order valence-electron chi connectivity index (χ0n) is 37.0. The molecular formula is C44H76N4O8. The number of carboxylic acid groups (broad SMARTS) is 1. The highest BCUT2D eigenvalue weighted by Gasteiger charge is 2.40. The number of carbonyl (C=O) groups is 4. The first-order chi connectivity index (χ1) is 26.4. The highest BCUT2D eigenvalue weighted by Crippen LogP contribution is 2.33. The number of aryl methyl sites for hydroxylation is 1. The molecule has 2 fully saturated rings. The van der Waals surface area contributed by atoms with Crippen molar-refractivity contribution < 1.29 is 38.5 Å². The number of cyclic esters (lactones) is 1. The van der Waals surface area contributed by atoms with Crippen molar-refractivity contribution in [2.45, 2.75) is 178 Å². The van der Waals surface area contributed by atoms with Crippen molar-refractivity contribution >= 4 is 34.7 Å². The number of imidazole rings is 1. The number of ketones is 2. The Bertz CT molecular complexity index is 1440. The molecule has 0 aromatic carbocycles. The van der Waals surface area contributed by atoms with Crippen molar-refractivity contribution in [2.75, 3.05) is 14.1 Å². The van der Waals surface area contributed by atoms with Crippen LogP contribution in [0.15, 0.2) is 24.7 Å². The van der Waals surface area contributed by atoms with Gasteiger partial charge in [-0.3, -0.25) is 19.2 Å². The van der Waals surface area contributed by atoms with Gasteiger partial charge < -0.3 is 28.8 Å². The molecule has 0 amide bonds. The third-order valence-electron chi connectivity index (χ3n) is 10.5. The largest absolute Gasteiger partial charge is 0.481 e. The van der Waals surface area contributed by atoms with Crippen LogP contribution in [0.4, 0.5) is 0 Å². The van der Waals surface area contributed by atoms with Gasteiger partial charge in [0, 0.05) is 49.9 Å². The number of unbranched alkanes of at least 4 members (excludes halogenated alkanes) is 2. The van der Waals surface area contributed by atoms with Crippen molar-refractivity contribution in [1.29, 1.82) is 0 Å². The fourth-order valence-electron chi connectivity index (χ4n) is 7.27. The van der Waals surface area contributed by atoms with Crippen LogP contribution in [0.25, 0.3) is 11.2 Å². The van der Waals surface area contributed by atoms with E-state index >= 15 is 0 Å². The Morgan fingerprint density at radius 3 is 2.16 bits per heavy atom. The number of pyridine rings is 1. The van der Waals surface area contributed by atoms with Crippen molar-refractivity contribution in [3.63, 3.8) is 0 Å². The van der Waals surface area contributed by atoms with Gasteiger partial charge in [-0.1, -0.05) is 74.7 Å². The number of esters is 1. The summed E-state index contributed by atoms with van der Waals surface area (Å²) >= 11 is 0. The fourth-order valence-corrected chi connectivity index (χ4v) is 7.27. The van der Waals surface area contributed by atoms with Crippen LogP contribution in [-0.2, 0) is 39.9 Å². The van der Waals surface area contributed by atoms with E-state index in [1.165, 1.54) is 25.7 Å². The minimum absolute atomic E-state index is 0.0437. The molecule has 4 rings (SSSR count). The maximum Gasteiger partial charge on any atom is 0.316 e. The number of nitrogens with zero attached hydrogens (tertiary/aromatic N) is 4. The van der Waals surface area contributed by atoms with Gasteiger partial charge in [-0.25, -0.2) is 9.97 Å². The number of hydrogen-bond donors (Lipinski definition) is 1. The Balaban J connectivity index is 0.000000607. The molecule has 12 nitrogen and oxygen atoms in total. The third kappa shape index (κ3) is 17.5. The number of ether oxygens (including phenoxy) is 3. The van der Waals surface area contributed by atoms with E-state index in [9.17, 15) is 14.4 Å². The van der Waals surface area contributed by atoms with Crippen molar-refractivity contribution in [1.82, 2.24) is 19.4 Å². The summed E-state index contributed by atoms with van der Waals surface area (Å²) in [6.45, 7) is 22.1. The van der Waals surface area contributed by atoms with Gasteiger partial charge in [0.05, 0.1) is 24.1 Å². The van der Waals surface area contributed by atoms with Crippen LogP contribution in [0.5, 0.6) is 0 Å². The van der Waals surface area contributed by atoms with E-state index in [4.69, 9.17) is 24.1 Å². The van der Waals surface area contributed by atoms with Gasteiger partial charge in [-0.15, -0.1) is 0 Å². The standard InChI is InChI=1S/C28H49NO6.C11H15N3.C3H8.C2H4O2/c1-10-23-12-11-16(2)25(30)17(3)13-18(4)27(20(6)26(31)21(7)28(32)34-23)35-24-15-22(29(8)9)14-19(5)33-24;1-2-3-4-8-14-9-13-11-10(14)6-5-7-12-11;1-3-2;1-2(3)4/h16-24,27H,10-15H2,1-9H3;5-7,9H,2-4,8H2,1H3;3H2,1-2H3;1H3,(H,3,4)/t16-,17-,18+,19-,20+,21-,22+,23-,24+,27+;;;/m1.../s1. The number of carbonyl (C=O) groups excluding carboxylic acids is 3. The first-order valence-electron chi connectivity index (χ1n) is 21.1. The van der Waals surface area contributed by atoms with Crippen molar-refractivity contribution in [2.24, 2.45) is 29.6 Å². The van der Waals surface area contributed by atoms with E-state index in [2.05, 4.69) is 60.4 Å². The number of carboxylic acids is 1. The summed E-state index contributed by atoms with van der Waals surface area (Å²) in [7, 11) is 4.11. The molecule has 2 aromatic rings. The Hall–Kier alpha value is -3.22. The lowest BCUT2D eigenvalue weighted by Gasteiger charge is -2.40. The maximum absolute atomic E-state index is 13.5. The van der Waals surface area contributed by atoms with Gasteiger partial charge in [0.1, 0.15) is 17.8 Å². The molecule has 320 valence electrons. The molecule has 0 saturated carbocycles. The number of aliphatic carboxylic acids is 1. The molecule has 10 atom stereocenters. The molecule has 56 heavy (non-hydrogen) atoms. The van der Waals surface area contributed by atoms with Crippen LogP contribution in [0.3, 0.4) is 0 Å². The quantitative estimate of drug-likeness (QED) is 0.155. The zero-order valence-corrected chi connectivity index (χ0v) is 37.0. The molecule has 0 bridgehead atoms. The van der Waals surface area contributed by atoms with Gasteiger partial charge in [0.25, 0.3) is 5.97 Å². The number of hydrogen-bond acceptors (Lipinski definition) is 10. The summed E-state index contributed by atoms with van der Waals surface area (Å²) in [5.74, 6) is -2.99. The molecule has 2 aromatic heterocycles. The normalized spacial score (nSPS) is 29.1. The predicted octanol–water partition coefficient (Wildman–Crippen LogP) is 8.78. The first-order valence-corrected chi connectivity index (χ1v) is 21.1. The maximum atomic E-state index is 13.5. The van der Waals surface area contributed by atoms with Crippen LogP contribution in [0.1, 0.15) is 140 Å². The van der Waals surface area contributed by atoms with Gasteiger partial charge >= 0.3 is 5.97 Å². The molecule has 2 aliphatic rings. The lowest BCUT2D eigenvalue weighted by atomic mass is 9.79. The van der Waals surface area contributed by atoms with E-state index in [0.29, 0.717) is 38.1 Å². The lowest BCUT2D eigenvalue weighted by molar-refractivity contribution is -0.236. The van der Waals surface area contributed by atoms with Gasteiger partial charge in [-0.2, -0.15) is 0 Å². The van der Waals surface area contributed by atoms with Crippen LogP contribution in [0, 0.1) is 29.6 Å². The molecule has 2 aliphatic heterocycles. The summed E-state index contributed by atoms with van der Waals surface area (Å²) < 4.78 is 20.6. The monoisotopic (exact) mass is 789 g/mol. The predicted molar refractivity (Wildman–Crippen MR) is 222 cm³/mol. The smallest absolute Gasteiger partial charge is 0.316 e. The Labute approximate surface area is 337 Å². The first kappa shape index (κ1) is 50.8. The summed E-state index contributed by atoms with van der Waals surface area (Å²) in [5.41, 5.74) is 1.99.